The molecule has 1 aliphatic carbocycles. The van der Waals surface area contributed by atoms with Gasteiger partial charge in [0.1, 0.15) is 0 Å². The van der Waals surface area contributed by atoms with E-state index in [1.54, 1.807) is 0 Å². The van der Waals surface area contributed by atoms with Gasteiger partial charge in [-0.2, -0.15) is 0 Å². The molecule has 0 bridgehead atoms. The van der Waals surface area contributed by atoms with E-state index in [2.05, 4.69) is 27.5 Å². The summed E-state index contributed by atoms with van der Waals surface area (Å²) in [4.78, 5) is 29.6. The molecule has 1 aliphatic heterocycles. The van der Waals surface area contributed by atoms with Crippen LogP contribution < -0.4 is 15.5 Å². The van der Waals surface area contributed by atoms with E-state index in [9.17, 15) is 9.59 Å². The second kappa shape index (κ2) is 12.7. The van der Waals surface area contributed by atoms with Gasteiger partial charge in [-0.25, -0.2) is 0 Å². The van der Waals surface area contributed by atoms with Crippen molar-refractivity contribution in [1.82, 2.24) is 10.2 Å². The molecule has 0 unspecified atom stereocenters. The number of piperazine rings is 1. The number of likely N-dealkylation sites (N-methyl/N-ethyl adjacent to an activating group) is 1. The molecule has 2 fully saturated rings. The molecular weight excluding hydrogens is 388 g/mol. The number of nitrogens with one attached hydrogen (secondary N) is 2. The molecule has 3 rings (SSSR count). The van der Waals surface area contributed by atoms with Crippen LogP contribution in [0, 0.1) is 0 Å². The number of carbonyl (C=O) groups excluding carboxylic acids is 2. The summed E-state index contributed by atoms with van der Waals surface area (Å²) in [6.45, 7) is 4.12. The first-order chi connectivity index (χ1) is 15.1. The number of hydrogen-bond acceptors (Lipinski definition) is 4. The number of rotatable bonds is 3. The van der Waals surface area contributed by atoms with Crippen LogP contribution >= 0.6 is 0 Å². The monoisotopic (exact) mass is 428 g/mol. The van der Waals surface area contributed by atoms with Gasteiger partial charge in [-0.1, -0.05) is 57.8 Å². The minimum absolute atomic E-state index is 0.109. The summed E-state index contributed by atoms with van der Waals surface area (Å²) >= 11 is 0. The molecule has 2 amide bonds. The molecule has 172 valence electrons. The predicted octanol–water partition coefficient (Wildman–Crippen LogP) is 4.17. The Morgan fingerprint density at radius 3 is 1.81 bits per heavy atom. The molecule has 0 aromatic heterocycles. The smallest absolute Gasteiger partial charge is 0.313 e. The third kappa shape index (κ3) is 8.17. The Kier molecular flexibility index (Phi) is 9.66. The fraction of sp³-hybridized carbons (Fsp3) is 0.680. The zero-order valence-corrected chi connectivity index (χ0v) is 19.2. The van der Waals surface area contributed by atoms with Crippen molar-refractivity contribution in [2.75, 3.05) is 43.4 Å². The quantitative estimate of drug-likeness (QED) is 0.710. The zero-order valence-electron chi connectivity index (χ0n) is 19.2. The summed E-state index contributed by atoms with van der Waals surface area (Å²) in [6.07, 6.45) is 13.2. The first kappa shape index (κ1) is 23.6. The molecule has 31 heavy (non-hydrogen) atoms. The van der Waals surface area contributed by atoms with Crippen molar-refractivity contribution in [3.8, 4) is 0 Å². The van der Waals surface area contributed by atoms with Gasteiger partial charge in [0.15, 0.2) is 0 Å². The van der Waals surface area contributed by atoms with Crippen molar-refractivity contribution in [3.05, 3.63) is 24.3 Å². The highest BCUT2D eigenvalue weighted by Crippen LogP contribution is 2.20. The lowest BCUT2D eigenvalue weighted by molar-refractivity contribution is -0.136. The Morgan fingerprint density at radius 2 is 1.26 bits per heavy atom. The topological polar surface area (TPSA) is 64.7 Å². The van der Waals surface area contributed by atoms with E-state index in [0.717, 1.165) is 57.5 Å². The SMILES string of the molecule is CN1CCN(c2ccc(NC(=O)C(=O)NC3CCCCCCCCCCC3)cc2)CC1. The number of amides is 2. The van der Waals surface area contributed by atoms with Crippen LogP contribution in [0.5, 0.6) is 0 Å². The number of hydrogen-bond donors (Lipinski definition) is 2. The molecule has 0 atom stereocenters. The second-order valence-electron chi connectivity index (χ2n) is 9.22. The summed E-state index contributed by atoms with van der Waals surface area (Å²) in [6, 6.07) is 7.92. The van der Waals surface area contributed by atoms with Gasteiger partial charge in [-0.15, -0.1) is 0 Å². The van der Waals surface area contributed by atoms with Crippen LogP contribution in [0.25, 0.3) is 0 Å². The second-order valence-corrected chi connectivity index (χ2v) is 9.22. The van der Waals surface area contributed by atoms with Gasteiger partial charge in [0.25, 0.3) is 0 Å². The summed E-state index contributed by atoms with van der Waals surface area (Å²) in [7, 11) is 2.14. The maximum atomic E-state index is 12.5. The van der Waals surface area contributed by atoms with Crippen LogP contribution in [-0.2, 0) is 9.59 Å². The molecule has 1 aromatic carbocycles. The van der Waals surface area contributed by atoms with Gasteiger partial charge in [0.2, 0.25) is 0 Å². The first-order valence-corrected chi connectivity index (χ1v) is 12.3. The molecule has 6 heteroatoms. The minimum Gasteiger partial charge on any atom is -0.369 e. The van der Waals surface area contributed by atoms with Crippen LogP contribution in [-0.4, -0.2) is 56.0 Å². The van der Waals surface area contributed by atoms with Gasteiger partial charge in [-0.05, 0) is 44.2 Å². The van der Waals surface area contributed by atoms with E-state index in [0.29, 0.717) is 5.69 Å². The average molecular weight is 429 g/mol. The van der Waals surface area contributed by atoms with Crippen molar-refractivity contribution in [1.29, 1.82) is 0 Å². The third-order valence-electron chi connectivity index (χ3n) is 6.64. The molecule has 6 nitrogen and oxygen atoms in total. The van der Waals surface area contributed by atoms with Gasteiger partial charge < -0.3 is 20.4 Å². The lowest BCUT2D eigenvalue weighted by atomic mass is 9.98. The normalized spacial score (nSPS) is 20.4. The standard InChI is InChI=1S/C25H40N4O2/c1-28-17-19-29(20-18-28)23-15-13-22(14-16-23)27-25(31)24(30)26-21-11-9-7-5-3-2-4-6-8-10-12-21/h13-16,21H,2-12,17-20H2,1H3,(H,26,30)(H,27,31). The van der Waals surface area contributed by atoms with Crippen molar-refractivity contribution in [3.63, 3.8) is 0 Å². The average Bonchev–Trinajstić information content (AvgIpc) is 2.76. The van der Waals surface area contributed by atoms with E-state index in [-0.39, 0.29) is 6.04 Å². The first-order valence-electron chi connectivity index (χ1n) is 12.3. The van der Waals surface area contributed by atoms with Gasteiger partial charge >= 0.3 is 11.8 Å². The lowest BCUT2D eigenvalue weighted by Gasteiger charge is -2.34. The van der Waals surface area contributed by atoms with Crippen molar-refractivity contribution in [2.45, 2.75) is 76.7 Å². The lowest BCUT2D eigenvalue weighted by Crippen LogP contribution is -2.44. The van der Waals surface area contributed by atoms with Gasteiger partial charge in [0.05, 0.1) is 0 Å². The highest BCUT2D eigenvalue weighted by Gasteiger charge is 2.19. The molecule has 2 N–H and O–H groups in total. The minimum atomic E-state index is -0.571. The Morgan fingerprint density at radius 1 is 0.742 bits per heavy atom. The van der Waals surface area contributed by atoms with E-state index in [4.69, 9.17) is 0 Å². The largest absolute Gasteiger partial charge is 0.369 e. The number of anilines is 2. The molecule has 1 saturated heterocycles. The molecule has 0 spiro atoms. The summed E-state index contributed by atoms with van der Waals surface area (Å²) in [5.41, 5.74) is 1.82. The molecule has 1 aromatic rings. The summed E-state index contributed by atoms with van der Waals surface area (Å²) in [5, 5.41) is 5.75. The Hall–Kier alpha value is -2.08. The Balaban J connectivity index is 1.46. The fourth-order valence-corrected chi connectivity index (χ4v) is 4.57. The maximum absolute atomic E-state index is 12.5. The summed E-state index contributed by atoms with van der Waals surface area (Å²) in [5.74, 6) is -1.08. The highest BCUT2D eigenvalue weighted by molar-refractivity contribution is 6.39. The van der Waals surface area contributed by atoms with Crippen LogP contribution in [0.2, 0.25) is 0 Å². The number of carbonyl (C=O) groups is 2. The zero-order chi connectivity index (χ0) is 21.9. The Labute approximate surface area is 187 Å². The van der Waals surface area contributed by atoms with Gasteiger partial charge in [0, 0.05) is 43.6 Å². The molecule has 1 saturated carbocycles. The number of nitrogens with zero attached hydrogens (tertiary/aromatic N) is 2. The molecule has 2 aliphatic rings. The van der Waals surface area contributed by atoms with E-state index in [1.165, 1.54) is 44.9 Å². The van der Waals surface area contributed by atoms with E-state index >= 15 is 0 Å². The van der Waals surface area contributed by atoms with Crippen LogP contribution in [0.3, 0.4) is 0 Å². The van der Waals surface area contributed by atoms with Crippen molar-refractivity contribution in [2.24, 2.45) is 0 Å². The fourth-order valence-electron chi connectivity index (χ4n) is 4.57. The van der Waals surface area contributed by atoms with Gasteiger partial charge in [-0.3, -0.25) is 9.59 Å². The number of benzene rings is 1. The molecule has 1 heterocycles. The van der Waals surface area contributed by atoms with Crippen molar-refractivity contribution < 1.29 is 9.59 Å². The maximum Gasteiger partial charge on any atom is 0.313 e. The molecule has 0 radical (unpaired) electrons. The predicted molar refractivity (Wildman–Crippen MR) is 127 cm³/mol. The third-order valence-corrected chi connectivity index (χ3v) is 6.64. The highest BCUT2D eigenvalue weighted by atomic mass is 16.2. The van der Waals surface area contributed by atoms with E-state index < -0.39 is 11.8 Å². The summed E-state index contributed by atoms with van der Waals surface area (Å²) < 4.78 is 0. The van der Waals surface area contributed by atoms with Crippen LogP contribution in [0.15, 0.2) is 24.3 Å². The van der Waals surface area contributed by atoms with Crippen LogP contribution in [0.4, 0.5) is 11.4 Å². The van der Waals surface area contributed by atoms with Crippen molar-refractivity contribution >= 4 is 23.2 Å². The Bertz CT molecular complexity index is 671. The van der Waals surface area contributed by atoms with E-state index in [1.807, 2.05) is 24.3 Å². The molecular formula is C25H40N4O2. The van der Waals surface area contributed by atoms with Crippen LogP contribution in [0.1, 0.15) is 70.6 Å².